The van der Waals surface area contributed by atoms with Crippen LogP contribution in [0, 0.1) is 0 Å². The molecule has 4 heterocycles. The Morgan fingerprint density at radius 2 is 1.22 bits per heavy atom. The molecule has 0 saturated heterocycles. The lowest BCUT2D eigenvalue weighted by Crippen LogP contribution is -2.06. The first-order valence-corrected chi connectivity index (χ1v) is 17.1. The summed E-state index contributed by atoms with van der Waals surface area (Å²) < 4.78 is 11.1. The molecule has 0 fully saturated rings. The lowest BCUT2D eigenvalue weighted by molar-refractivity contribution is 0.673. The molecule has 0 bridgehead atoms. The second kappa shape index (κ2) is 10.1. The monoisotopic (exact) mass is 644 g/mol. The second-order valence-corrected chi connectivity index (χ2v) is 13.4. The van der Waals surface area contributed by atoms with E-state index in [-0.39, 0.29) is 0 Å². The van der Waals surface area contributed by atoms with Crippen molar-refractivity contribution in [1.82, 2.24) is 19.5 Å². The summed E-state index contributed by atoms with van der Waals surface area (Å²) in [7, 11) is 0. The summed E-state index contributed by atoms with van der Waals surface area (Å²) in [5, 5.41) is 9.20. The average molecular weight is 645 g/mol. The fourth-order valence-electron chi connectivity index (χ4n) is 7.49. The van der Waals surface area contributed by atoms with Gasteiger partial charge in [-0.15, -0.1) is 11.3 Å². The van der Waals surface area contributed by atoms with E-state index in [9.17, 15) is 0 Å². The molecule has 0 aliphatic rings. The normalized spacial score (nSPS) is 12.1. The van der Waals surface area contributed by atoms with Gasteiger partial charge in [-0.25, -0.2) is 4.98 Å². The minimum atomic E-state index is 0.563. The number of thiophene rings is 1. The van der Waals surface area contributed by atoms with E-state index in [0.29, 0.717) is 17.6 Å². The highest BCUT2D eigenvalue weighted by Gasteiger charge is 2.23. The Bertz CT molecular complexity index is 3120. The van der Waals surface area contributed by atoms with Crippen molar-refractivity contribution < 1.29 is 4.42 Å². The predicted octanol–water partition coefficient (Wildman–Crippen LogP) is 11.7. The van der Waals surface area contributed by atoms with E-state index in [4.69, 9.17) is 19.4 Å². The largest absolute Gasteiger partial charge is 0.455 e. The standard InChI is InChI=1S/C43H24N4OS/c1-2-12-25(13-3-1)41-44-42(32-24-26-14-4-5-15-27(26)37-31-18-8-11-21-36(31)49-40(32)37)46-43(45-41)47-33-19-9-6-17-30(33)38-34(47)23-22-29-28-16-7-10-20-35(28)48-39(29)38/h1-24H. The molecule has 49 heavy (non-hydrogen) atoms. The van der Waals surface area contributed by atoms with Crippen LogP contribution < -0.4 is 0 Å². The van der Waals surface area contributed by atoms with Crippen molar-refractivity contribution >= 4 is 86.0 Å². The quantitative estimate of drug-likeness (QED) is 0.192. The maximum Gasteiger partial charge on any atom is 0.238 e. The maximum absolute atomic E-state index is 6.56. The van der Waals surface area contributed by atoms with Gasteiger partial charge in [-0.05, 0) is 47.2 Å². The molecule has 7 aromatic carbocycles. The maximum atomic E-state index is 6.56. The van der Waals surface area contributed by atoms with Gasteiger partial charge in [-0.1, -0.05) is 109 Å². The first-order valence-electron chi connectivity index (χ1n) is 16.3. The lowest BCUT2D eigenvalue weighted by Gasteiger charge is -2.12. The van der Waals surface area contributed by atoms with Crippen molar-refractivity contribution in [1.29, 1.82) is 0 Å². The summed E-state index contributed by atoms with van der Waals surface area (Å²) in [6.07, 6.45) is 0. The Labute approximate surface area is 283 Å². The molecule has 4 aromatic heterocycles. The third-order valence-corrected chi connectivity index (χ3v) is 10.9. The van der Waals surface area contributed by atoms with Gasteiger partial charge in [-0.2, -0.15) is 9.97 Å². The first-order chi connectivity index (χ1) is 24.3. The van der Waals surface area contributed by atoms with Gasteiger partial charge >= 0.3 is 0 Å². The number of furan rings is 1. The van der Waals surface area contributed by atoms with E-state index >= 15 is 0 Å². The van der Waals surface area contributed by atoms with E-state index in [1.807, 2.05) is 30.3 Å². The summed E-state index contributed by atoms with van der Waals surface area (Å²) in [5.74, 6) is 1.83. The van der Waals surface area contributed by atoms with Gasteiger partial charge in [0.15, 0.2) is 11.6 Å². The summed E-state index contributed by atoms with van der Waals surface area (Å²) >= 11 is 1.79. The molecule has 0 saturated carbocycles. The fraction of sp³-hybridized carbons (Fsp3) is 0. The van der Waals surface area contributed by atoms with Crippen LogP contribution in [0.1, 0.15) is 0 Å². The van der Waals surface area contributed by atoms with Gasteiger partial charge in [0.1, 0.15) is 11.2 Å². The Morgan fingerprint density at radius 3 is 2.12 bits per heavy atom. The molecule has 228 valence electrons. The molecule has 0 unspecified atom stereocenters. The smallest absolute Gasteiger partial charge is 0.238 e. The number of fused-ring (bicyclic) bond motifs is 12. The van der Waals surface area contributed by atoms with E-state index in [0.717, 1.165) is 60.3 Å². The van der Waals surface area contributed by atoms with Gasteiger partial charge in [0.2, 0.25) is 5.95 Å². The summed E-state index contributed by atoms with van der Waals surface area (Å²) in [4.78, 5) is 15.7. The summed E-state index contributed by atoms with van der Waals surface area (Å²) in [6.45, 7) is 0. The molecule has 11 aromatic rings. The molecule has 0 atom stereocenters. The number of para-hydroxylation sites is 2. The van der Waals surface area contributed by atoms with Gasteiger partial charge in [-0.3, -0.25) is 4.57 Å². The van der Waals surface area contributed by atoms with Crippen molar-refractivity contribution in [3.05, 3.63) is 146 Å². The number of rotatable bonds is 3. The second-order valence-electron chi connectivity index (χ2n) is 12.4. The van der Waals surface area contributed by atoms with Crippen molar-refractivity contribution in [3.63, 3.8) is 0 Å². The Hall–Kier alpha value is -6.37. The van der Waals surface area contributed by atoms with Crippen LogP contribution in [0.3, 0.4) is 0 Å². The van der Waals surface area contributed by atoms with Crippen LogP contribution in [0.2, 0.25) is 0 Å². The topological polar surface area (TPSA) is 56.7 Å². The number of aromatic nitrogens is 4. The number of benzene rings is 7. The molecule has 6 heteroatoms. The van der Waals surface area contributed by atoms with E-state index in [1.165, 1.54) is 25.6 Å². The Morgan fingerprint density at radius 1 is 0.510 bits per heavy atom. The predicted molar refractivity (Wildman–Crippen MR) is 203 cm³/mol. The molecular formula is C43H24N4OS. The first kappa shape index (κ1) is 26.7. The number of hydrogen-bond acceptors (Lipinski definition) is 5. The van der Waals surface area contributed by atoms with Crippen LogP contribution >= 0.6 is 11.3 Å². The van der Waals surface area contributed by atoms with Crippen LogP contribution in [0.15, 0.2) is 150 Å². The zero-order valence-electron chi connectivity index (χ0n) is 26.0. The molecule has 0 aliphatic carbocycles. The highest BCUT2D eigenvalue weighted by atomic mass is 32.1. The van der Waals surface area contributed by atoms with Gasteiger partial charge < -0.3 is 4.42 Å². The number of nitrogens with zero attached hydrogens (tertiary/aromatic N) is 4. The van der Waals surface area contributed by atoms with E-state index in [2.05, 4.69) is 120 Å². The van der Waals surface area contributed by atoms with Crippen LogP contribution in [0.4, 0.5) is 0 Å². The minimum absolute atomic E-state index is 0.563. The highest BCUT2D eigenvalue weighted by molar-refractivity contribution is 7.26. The Kier molecular flexibility index (Phi) is 5.48. The zero-order chi connectivity index (χ0) is 32.1. The molecule has 0 N–H and O–H groups in total. The lowest BCUT2D eigenvalue weighted by atomic mass is 10.00. The number of hydrogen-bond donors (Lipinski definition) is 0. The summed E-state index contributed by atoms with van der Waals surface area (Å²) in [6, 6.07) is 50.7. The van der Waals surface area contributed by atoms with Crippen molar-refractivity contribution in [3.8, 4) is 28.7 Å². The average Bonchev–Trinajstić information content (AvgIpc) is 3.84. The third-order valence-electron chi connectivity index (χ3n) is 9.65. The fourth-order valence-corrected chi connectivity index (χ4v) is 8.72. The van der Waals surface area contributed by atoms with Crippen LogP contribution in [0.5, 0.6) is 0 Å². The van der Waals surface area contributed by atoms with Crippen molar-refractivity contribution in [2.75, 3.05) is 0 Å². The zero-order valence-corrected chi connectivity index (χ0v) is 26.8. The van der Waals surface area contributed by atoms with Gasteiger partial charge in [0, 0.05) is 47.5 Å². The van der Waals surface area contributed by atoms with Crippen molar-refractivity contribution in [2.24, 2.45) is 0 Å². The molecule has 0 aliphatic heterocycles. The van der Waals surface area contributed by atoms with Gasteiger partial charge in [0.25, 0.3) is 0 Å². The SMILES string of the molecule is c1ccc(-c2nc(-c3cc4ccccc4c4c3sc3ccccc34)nc(-n3c4ccccc4c4c5oc6ccccc6c5ccc43)n2)cc1. The van der Waals surface area contributed by atoms with Crippen LogP contribution in [-0.4, -0.2) is 19.5 Å². The Balaban J connectivity index is 1.27. The minimum Gasteiger partial charge on any atom is -0.455 e. The molecule has 5 nitrogen and oxygen atoms in total. The summed E-state index contributed by atoms with van der Waals surface area (Å²) in [5.41, 5.74) is 5.66. The molecule has 0 radical (unpaired) electrons. The van der Waals surface area contributed by atoms with Crippen LogP contribution in [-0.2, 0) is 0 Å². The molecule has 0 spiro atoms. The van der Waals surface area contributed by atoms with Crippen molar-refractivity contribution in [2.45, 2.75) is 0 Å². The third kappa shape index (κ3) is 3.83. The van der Waals surface area contributed by atoms with E-state index < -0.39 is 0 Å². The molecule has 0 amide bonds. The molecular weight excluding hydrogens is 621 g/mol. The molecule has 11 rings (SSSR count). The van der Waals surface area contributed by atoms with Gasteiger partial charge in [0.05, 0.1) is 16.4 Å². The van der Waals surface area contributed by atoms with Crippen LogP contribution in [0.25, 0.3) is 103 Å². The highest BCUT2D eigenvalue weighted by Crippen LogP contribution is 2.44. The van der Waals surface area contributed by atoms with E-state index in [1.54, 1.807) is 11.3 Å².